The molecule has 4 rings (SSSR count). The summed E-state index contributed by atoms with van der Waals surface area (Å²) in [6, 6.07) is 18.2. The molecule has 0 fully saturated rings. The number of nitrogens with zero attached hydrogens (tertiary/aromatic N) is 2. The zero-order chi connectivity index (χ0) is 22.0. The normalized spacial score (nSPS) is 11.0. The number of aromatic hydroxyl groups is 1. The molecule has 1 aromatic heterocycles. The van der Waals surface area contributed by atoms with Gasteiger partial charge in [0.1, 0.15) is 11.6 Å². The number of carbonyl (C=O) groups excluding carboxylic acids is 1. The van der Waals surface area contributed by atoms with Crippen LogP contribution in [0.5, 0.6) is 5.75 Å². The molecule has 6 nitrogen and oxygen atoms in total. The maximum Gasteiger partial charge on any atom is 0.274 e. The zero-order valence-corrected chi connectivity index (χ0v) is 17.0. The fourth-order valence-electron chi connectivity index (χ4n) is 3.55. The van der Waals surface area contributed by atoms with E-state index in [1.54, 1.807) is 61.6 Å². The van der Waals surface area contributed by atoms with Crippen LogP contribution in [0.1, 0.15) is 17.5 Å². The smallest absolute Gasteiger partial charge is 0.274 e. The van der Waals surface area contributed by atoms with Crippen molar-refractivity contribution in [2.24, 2.45) is 7.05 Å². The van der Waals surface area contributed by atoms with Crippen LogP contribution in [0, 0.1) is 5.82 Å². The van der Waals surface area contributed by atoms with Crippen molar-refractivity contribution in [3.63, 3.8) is 0 Å². The standard InChI is InChI=1S/C24H22FN3O3/c1-27-24(31)21-14-19(26-23(30)13-6-16-4-10-20(29)11-5-16)9-12-22(21)28(27)15-17-2-7-18(25)8-3-17/h2-5,7-12,14,29H,6,13,15H2,1H3,(H,26,30). The first-order valence-electron chi connectivity index (χ1n) is 9.92. The lowest BCUT2D eigenvalue weighted by molar-refractivity contribution is -0.116. The van der Waals surface area contributed by atoms with E-state index in [1.165, 1.54) is 16.8 Å². The van der Waals surface area contributed by atoms with Crippen LogP contribution in [0.15, 0.2) is 71.5 Å². The van der Waals surface area contributed by atoms with E-state index in [4.69, 9.17) is 0 Å². The van der Waals surface area contributed by atoms with Crippen LogP contribution >= 0.6 is 0 Å². The predicted molar refractivity (Wildman–Crippen MR) is 118 cm³/mol. The number of anilines is 1. The van der Waals surface area contributed by atoms with E-state index < -0.39 is 0 Å². The quantitative estimate of drug-likeness (QED) is 0.499. The number of halogens is 1. The van der Waals surface area contributed by atoms with Crippen molar-refractivity contribution in [1.82, 2.24) is 9.36 Å². The van der Waals surface area contributed by atoms with E-state index in [2.05, 4.69) is 5.32 Å². The molecule has 0 unspecified atom stereocenters. The van der Waals surface area contributed by atoms with Gasteiger partial charge < -0.3 is 10.4 Å². The van der Waals surface area contributed by atoms with E-state index in [0.717, 1.165) is 16.6 Å². The summed E-state index contributed by atoms with van der Waals surface area (Å²) in [5.41, 5.74) is 2.95. The van der Waals surface area contributed by atoms with Gasteiger partial charge >= 0.3 is 0 Å². The third-order valence-corrected chi connectivity index (χ3v) is 5.27. The van der Waals surface area contributed by atoms with Gasteiger partial charge in [-0.1, -0.05) is 24.3 Å². The van der Waals surface area contributed by atoms with Crippen LogP contribution < -0.4 is 10.9 Å². The van der Waals surface area contributed by atoms with E-state index in [-0.39, 0.29) is 29.5 Å². The Morgan fingerprint density at radius 2 is 1.68 bits per heavy atom. The molecule has 4 aromatic rings. The van der Waals surface area contributed by atoms with Crippen molar-refractivity contribution in [1.29, 1.82) is 0 Å². The number of fused-ring (bicyclic) bond motifs is 1. The first kappa shape index (κ1) is 20.4. The Hall–Kier alpha value is -3.87. The number of amides is 1. The van der Waals surface area contributed by atoms with Crippen LogP contribution in [-0.2, 0) is 24.8 Å². The van der Waals surface area contributed by atoms with E-state index >= 15 is 0 Å². The summed E-state index contributed by atoms with van der Waals surface area (Å²) in [4.78, 5) is 25.1. The first-order valence-corrected chi connectivity index (χ1v) is 9.92. The summed E-state index contributed by atoms with van der Waals surface area (Å²) in [6.07, 6.45) is 0.830. The van der Waals surface area contributed by atoms with Gasteiger partial charge in [0.05, 0.1) is 17.4 Å². The molecular formula is C24H22FN3O3. The summed E-state index contributed by atoms with van der Waals surface area (Å²) in [6.45, 7) is 0.424. The van der Waals surface area contributed by atoms with Gasteiger partial charge in [0.25, 0.3) is 5.56 Å². The molecule has 0 spiro atoms. The second-order valence-electron chi connectivity index (χ2n) is 7.46. The fourth-order valence-corrected chi connectivity index (χ4v) is 3.55. The van der Waals surface area contributed by atoms with Crippen molar-refractivity contribution in [3.05, 3.63) is 94.0 Å². The summed E-state index contributed by atoms with van der Waals surface area (Å²) in [5.74, 6) is -0.273. The summed E-state index contributed by atoms with van der Waals surface area (Å²) in [7, 11) is 1.68. The predicted octanol–water partition coefficient (Wildman–Crippen LogP) is 3.80. The zero-order valence-electron chi connectivity index (χ0n) is 17.0. The minimum absolute atomic E-state index is 0.157. The number of aryl methyl sites for hydroxylation is 1. The Morgan fingerprint density at radius 3 is 2.39 bits per heavy atom. The number of benzene rings is 3. The maximum absolute atomic E-state index is 13.2. The molecule has 0 atom stereocenters. The monoisotopic (exact) mass is 419 g/mol. The molecule has 158 valence electrons. The van der Waals surface area contributed by atoms with Gasteiger partial charge in [0.2, 0.25) is 5.91 Å². The van der Waals surface area contributed by atoms with Gasteiger partial charge in [-0.15, -0.1) is 0 Å². The molecule has 0 radical (unpaired) electrons. The number of nitrogens with one attached hydrogen (secondary N) is 1. The summed E-state index contributed by atoms with van der Waals surface area (Å²) < 4.78 is 16.5. The number of phenols is 1. The fraction of sp³-hybridized carbons (Fsp3) is 0.167. The van der Waals surface area contributed by atoms with E-state index in [1.807, 2.05) is 4.68 Å². The van der Waals surface area contributed by atoms with Crippen LogP contribution in [0.25, 0.3) is 10.9 Å². The lowest BCUT2D eigenvalue weighted by Gasteiger charge is -2.10. The highest BCUT2D eigenvalue weighted by atomic mass is 19.1. The lowest BCUT2D eigenvalue weighted by atomic mass is 10.1. The minimum atomic E-state index is -0.305. The van der Waals surface area contributed by atoms with Crippen LogP contribution in [0.3, 0.4) is 0 Å². The average Bonchev–Trinajstić information content (AvgIpc) is 2.99. The molecule has 0 saturated heterocycles. The Bertz CT molecular complexity index is 1290. The van der Waals surface area contributed by atoms with Crippen molar-refractivity contribution in [2.45, 2.75) is 19.4 Å². The number of hydrogen-bond acceptors (Lipinski definition) is 3. The van der Waals surface area contributed by atoms with Crippen molar-refractivity contribution in [3.8, 4) is 5.75 Å². The van der Waals surface area contributed by atoms with Crippen LogP contribution in [-0.4, -0.2) is 20.4 Å². The highest BCUT2D eigenvalue weighted by molar-refractivity contribution is 5.93. The van der Waals surface area contributed by atoms with Gasteiger partial charge in [0.15, 0.2) is 0 Å². The Labute approximate surface area is 178 Å². The molecule has 0 bridgehead atoms. The summed E-state index contributed by atoms with van der Waals surface area (Å²) in [5, 5.41) is 12.7. The Kier molecular flexibility index (Phi) is 5.58. The number of hydrogen-bond donors (Lipinski definition) is 2. The van der Waals surface area contributed by atoms with Gasteiger partial charge in [-0.25, -0.2) is 4.39 Å². The number of aromatic nitrogens is 2. The number of rotatable bonds is 6. The Morgan fingerprint density at radius 1 is 1.00 bits per heavy atom. The minimum Gasteiger partial charge on any atom is -0.508 e. The molecule has 0 aliphatic rings. The first-order chi connectivity index (χ1) is 14.9. The van der Waals surface area contributed by atoms with Gasteiger partial charge in [-0.2, -0.15) is 0 Å². The highest BCUT2D eigenvalue weighted by Gasteiger charge is 2.13. The number of phenolic OH excluding ortho intramolecular Hbond substituents is 1. The molecule has 1 heterocycles. The van der Waals surface area contributed by atoms with Gasteiger partial charge in [-0.05, 0) is 60.0 Å². The molecule has 7 heteroatoms. The van der Waals surface area contributed by atoms with Gasteiger partial charge in [0, 0.05) is 19.2 Å². The molecule has 1 amide bonds. The number of carbonyl (C=O) groups is 1. The van der Waals surface area contributed by atoms with Crippen molar-refractivity contribution >= 4 is 22.5 Å². The lowest BCUT2D eigenvalue weighted by Crippen LogP contribution is -2.19. The Balaban J connectivity index is 1.50. The van der Waals surface area contributed by atoms with Crippen molar-refractivity contribution in [2.75, 3.05) is 5.32 Å². The van der Waals surface area contributed by atoms with Crippen LogP contribution in [0.2, 0.25) is 0 Å². The topological polar surface area (TPSA) is 76.3 Å². The third-order valence-electron chi connectivity index (χ3n) is 5.27. The average molecular weight is 419 g/mol. The second-order valence-corrected chi connectivity index (χ2v) is 7.46. The van der Waals surface area contributed by atoms with Gasteiger partial charge in [-0.3, -0.25) is 19.0 Å². The van der Waals surface area contributed by atoms with Crippen molar-refractivity contribution < 1.29 is 14.3 Å². The molecule has 0 saturated carbocycles. The highest BCUT2D eigenvalue weighted by Crippen LogP contribution is 2.19. The maximum atomic E-state index is 13.2. The molecule has 0 aliphatic carbocycles. The third kappa shape index (κ3) is 4.50. The van der Waals surface area contributed by atoms with E-state index in [9.17, 15) is 19.1 Å². The molecule has 0 aliphatic heterocycles. The largest absolute Gasteiger partial charge is 0.508 e. The van der Waals surface area contributed by atoms with E-state index in [0.29, 0.717) is 24.0 Å². The van der Waals surface area contributed by atoms with Crippen LogP contribution in [0.4, 0.5) is 10.1 Å². The molecular weight excluding hydrogens is 397 g/mol. The summed E-state index contributed by atoms with van der Waals surface area (Å²) >= 11 is 0. The molecule has 31 heavy (non-hydrogen) atoms. The SMILES string of the molecule is Cn1c(=O)c2cc(NC(=O)CCc3ccc(O)cc3)ccc2n1Cc1ccc(F)cc1. The molecule has 2 N–H and O–H groups in total. The second kappa shape index (κ2) is 8.47. The molecule has 3 aromatic carbocycles.